The topological polar surface area (TPSA) is 52.7 Å². The Morgan fingerprint density at radius 1 is 0.933 bits per heavy atom. The van der Waals surface area contributed by atoms with Gasteiger partial charge in [0, 0.05) is 50.7 Å². The fourth-order valence-corrected chi connectivity index (χ4v) is 4.04. The third-order valence-corrected chi connectivity index (χ3v) is 5.72. The van der Waals surface area contributed by atoms with Gasteiger partial charge >= 0.3 is 0 Å². The van der Waals surface area contributed by atoms with Crippen LogP contribution in [0.2, 0.25) is 0 Å². The van der Waals surface area contributed by atoms with Crippen molar-refractivity contribution in [2.24, 2.45) is 0 Å². The van der Waals surface area contributed by atoms with Crippen molar-refractivity contribution in [1.29, 1.82) is 0 Å². The first-order valence-corrected chi connectivity index (χ1v) is 10.8. The molecule has 30 heavy (non-hydrogen) atoms. The van der Waals surface area contributed by atoms with Gasteiger partial charge in [0.05, 0.1) is 0 Å². The number of carbonyl (C=O) groups is 2. The number of benzene rings is 2. The summed E-state index contributed by atoms with van der Waals surface area (Å²) in [5.74, 6) is 0.104. The lowest BCUT2D eigenvalue weighted by atomic mass is 9.99. The highest BCUT2D eigenvalue weighted by Gasteiger charge is 2.23. The van der Waals surface area contributed by atoms with E-state index in [1.54, 1.807) is 0 Å². The molecule has 1 fully saturated rings. The summed E-state index contributed by atoms with van der Waals surface area (Å²) in [6.07, 6.45) is 0.792. The van der Waals surface area contributed by atoms with Crippen LogP contribution in [0.4, 0.5) is 0 Å². The number of amides is 2. The van der Waals surface area contributed by atoms with Crippen molar-refractivity contribution in [2.45, 2.75) is 46.2 Å². The van der Waals surface area contributed by atoms with Crippen molar-refractivity contribution < 1.29 is 9.59 Å². The first kappa shape index (κ1) is 22.0. The molecule has 5 heteroatoms. The monoisotopic (exact) mass is 407 g/mol. The van der Waals surface area contributed by atoms with Crippen LogP contribution in [0.25, 0.3) is 11.1 Å². The maximum Gasteiger partial charge on any atom is 0.253 e. The van der Waals surface area contributed by atoms with Crippen molar-refractivity contribution in [2.75, 3.05) is 26.2 Å². The largest absolute Gasteiger partial charge is 0.354 e. The Labute approximate surface area is 180 Å². The molecular weight excluding hydrogens is 374 g/mol. The van der Waals surface area contributed by atoms with Crippen molar-refractivity contribution in [1.82, 2.24) is 15.1 Å². The lowest BCUT2D eigenvalue weighted by molar-refractivity contribution is -0.119. The summed E-state index contributed by atoms with van der Waals surface area (Å²) in [6.45, 7) is 11.4. The molecule has 0 radical (unpaired) electrons. The van der Waals surface area contributed by atoms with Gasteiger partial charge in [-0.1, -0.05) is 36.4 Å². The van der Waals surface area contributed by atoms with Crippen LogP contribution in [0.1, 0.15) is 43.6 Å². The molecule has 1 atom stereocenters. The molecule has 1 aliphatic heterocycles. The van der Waals surface area contributed by atoms with Crippen LogP contribution in [0, 0.1) is 0 Å². The van der Waals surface area contributed by atoms with Gasteiger partial charge in [0.25, 0.3) is 5.91 Å². The third kappa shape index (κ3) is 5.70. The molecule has 0 aliphatic carbocycles. The van der Waals surface area contributed by atoms with Gasteiger partial charge in [-0.2, -0.15) is 0 Å². The van der Waals surface area contributed by atoms with Gasteiger partial charge in [-0.05, 0) is 56.0 Å². The molecule has 0 saturated carbocycles. The Kier molecular flexibility index (Phi) is 7.27. The van der Waals surface area contributed by atoms with E-state index >= 15 is 0 Å². The van der Waals surface area contributed by atoms with E-state index in [9.17, 15) is 9.59 Å². The Hall–Kier alpha value is -2.66. The average molecular weight is 408 g/mol. The van der Waals surface area contributed by atoms with Crippen molar-refractivity contribution in [3.63, 3.8) is 0 Å². The molecule has 3 rings (SSSR count). The zero-order valence-corrected chi connectivity index (χ0v) is 18.5. The van der Waals surface area contributed by atoms with E-state index in [0.29, 0.717) is 6.04 Å². The summed E-state index contributed by atoms with van der Waals surface area (Å²) in [5.41, 5.74) is 4.05. The zero-order chi connectivity index (χ0) is 21.7. The number of nitrogens with zero attached hydrogens (tertiary/aromatic N) is 2. The summed E-state index contributed by atoms with van der Waals surface area (Å²) in [6, 6.07) is 16.9. The number of hydrogen-bond donors (Lipinski definition) is 1. The van der Waals surface area contributed by atoms with Crippen LogP contribution in [0.15, 0.2) is 48.5 Å². The highest BCUT2D eigenvalue weighted by atomic mass is 16.2. The Morgan fingerprint density at radius 3 is 2.20 bits per heavy atom. The Balaban J connectivity index is 1.66. The van der Waals surface area contributed by atoms with Gasteiger partial charge in [0.15, 0.2) is 0 Å². The van der Waals surface area contributed by atoms with Crippen molar-refractivity contribution in [3.05, 3.63) is 59.7 Å². The number of rotatable bonds is 6. The SMILES string of the molecule is CC(=O)NC(C)Cc1ccc(-c2cccc(C(=O)N3CCN(C(C)C)CC3)c2)cc1. The van der Waals surface area contributed by atoms with Gasteiger partial charge in [-0.3, -0.25) is 14.5 Å². The maximum absolute atomic E-state index is 13.0. The summed E-state index contributed by atoms with van der Waals surface area (Å²) in [4.78, 5) is 28.6. The third-order valence-electron chi connectivity index (χ3n) is 5.72. The fraction of sp³-hybridized carbons (Fsp3) is 0.440. The van der Waals surface area contributed by atoms with Gasteiger partial charge in [-0.25, -0.2) is 0 Å². The molecule has 0 spiro atoms. The van der Waals surface area contributed by atoms with E-state index < -0.39 is 0 Å². The number of piperazine rings is 1. The second-order valence-electron chi connectivity index (χ2n) is 8.51. The summed E-state index contributed by atoms with van der Waals surface area (Å²) < 4.78 is 0. The van der Waals surface area contributed by atoms with Crippen LogP contribution >= 0.6 is 0 Å². The maximum atomic E-state index is 13.0. The van der Waals surface area contributed by atoms with E-state index in [0.717, 1.165) is 49.3 Å². The first-order chi connectivity index (χ1) is 14.3. The van der Waals surface area contributed by atoms with Gasteiger partial charge in [0.1, 0.15) is 0 Å². The fourth-order valence-electron chi connectivity index (χ4n) is 4.04. The minimum absolute atomic E-state index is 0.00813. The molecule has 1 heterocycles. The molecule has 2 aromatic rings. The average Bonchev–Trinajstić information content (AvgIpc) is 2.73. The molecule has 1 saturated heterocycles. The predicted molar refractivity (Wildman–Crippen MR) is 121 cm³/mol. The summed E-state index contributed by atoms with van der Waals surface area (Å²) >= 11 is 0. The van der Waals surface area contributed by atoms with Gasteiger partial charge in [0.2, 0.25) is 5.91 Å². The lowest BCUT2D eigenvalue weighted by Gasteiger charge is -2.37. The van der Waals surface area contributed by atoms with Crippen LogP contribution < -0.4 is 5.32 Å². The van der Waals surface area contributed by atoms with E-state index in [1.807, 2.05) is 36.1 Å². The quantitative estimate of drug-likeness (QED) is 0.796. The molecule has 1 aliphatic rings. The number of carbonyl (C=O) groups excluding carboxylic acids is 2. The first-order valence-electron chi connectivity index (χ1n) is 10.8. The van der Waals surface area contributed by atoms with E-state index in [-0.39, 0.29) is 17.9 Å². The number of hydrogen-bond acceptors (Lipinski definition) is 3. The van der Waals surface area contributed by atoms with Crippen LogP contribution in [0.3, 0.4) is 0 Å². The van der Waals surface area contributed by atoms with Crippen molar-refractivity contribution in [3.8, 4) is 11.1 Å². The molecule has 1 N–H and O–H groups in total. The highest BCUT2D eigenvalue weighted by Crippen LogP contribution is 2.22. The van der Waals surface area contributed by atoms with Crippen LogP contribution in [-0.4, -0.2) is 59.9 Å². The summed E-state index contributed by atoms with van der Waals surface area (Å²) in [7, 11) is 0. The standard InChI is InChI=1S/C25H33N3O2/c1-18(2)27-12-14-28(15-13-27)25(30)24-7-5-6-23(17-24)22-10-8-21(9-11-22)16-19(3)26-20(4)29/h5-11,17-19H,12-16H2,1-4H3,(H,26,29). The molecule has 1 unspecified atom stereocenters. The van der Waals surface area contributed by atoms with Gasteiger partial charge in [-0.15, -0.1) is 0 Å². The minimum atomic E-state index is -0.00813. The predicted octanol–water partition coefficient (Wildman–Crippen LogP) is 3.59. The van der Waals surface area contributed by atoms with Crippen LogP contribution in [0.5, 0.6) is 0 Å². The molecule has 0 bridgehead atoms. The van der Waals surface area contributed by atoms with Gasteiger partial charge < -0.3 is 10.2 Å². The Bertz CT molecular complexity index is 868. The molecule has 0 aromatic heterocycles. The second kappa shape index (κ2) is 9.90. The van der Waals surface area contributed by atoms with E-state index in [2.05, 4.69) is 48.3 Å². The Morgan fingerprint density at radius 2 is 1.60 bits per heavy atom. The lowest BCUT2D eigenvalue weighted by Crippen LogP contribution is -2.50. The van der Waals surface area contributed by atoms with Crippen molar-refractivity contribution >= 4 is 11.8 Å². The molecule has 2 aromatic carbocycles. The highest BCUT2D eigenvalue weighted by molar-refractivity contribution is 5.95. The van der Waals surface area contributed by atoms with E-state index in [1.165, 1.54) is 12.5 Å². The minimum Gasteiger partial charge on any atom is -0.354 e. The van der Waals surface area contributed by atoms with E-state index in [4.69, 9.17) is 0 Å². The summed E-state index contributed by atoms with van der Waals surface area (Å²) in [5, 5.41) is 2.91. The molecule has 160 valence electrons. The smallest absolute Gasteiger partial charge is 0.253 e. The normalized spacial score (nSPS) is 15.8. The zero-order valence-electron chi connectivity index (χ0n) is 18.5. The molecule has 5 nitrogen and oxygen atoms in total. The second-order valence-corrected chi connectivity index (χ2v) is 8.51. The molecule has 2 amide bonds. The molecular formula is C25H33N3O2. The number of nitrogens with one attached hydrogen (secondary N) is 1. The van der Waals surface area contributed by atoms with Crippen LogP contribution in [-0.2, 0) is 11.2 Å².